The number of amides is 1. The normalized spacial score (nSPS) is 12.7. The summed E-state index contributed by atoms with van der Waals surface area (Å²) in [6, 6.07) is 14.6. The predicted octanol–water partition coefficient (Wildman–Crippen LogP) is 6.15. The highest BCUT2D eigenvalue weighted by molar-refractivity contribution is 5.94. The van der Waals surface area contributed by atoms with Crippen molar-refractivity contribution in [3.05, 3.63) is 54.1 Å². The van der Waals surface area contributed by atoms with Crippen molar-refractivity contribution < 1.29 is 19.5 Å². The van der Waals surface area contributed by atoms with Crippen molar-refractivity contribution in [3.8, 4) is 11.1 Å². The molecular formula is C29H40N2O4. The Labute approximate surface area is 209 Å². The molecule has 35 heavy (non-hydrogen) atoms. The minimum absolute atomic E-state index is 0.00320. The van der Waals surface area contributed by atoms with E-state index in [0.717, 1.165) is 36.7 Å². The van der Waals surface area contributed by atoms with Gasteiger partial charge in [-0.1, -0.05) is 88.4 Å². The molecule has 2 rings (SSSR count). The summed E-state index contributed by atoms with van der Waals surface area (Å²) in [6.45, 7) is 4.06. The molecule has 2 atom stereocenters. The summed E-state index contributed by atoms with van der Waals surface area (Å²) in [5.41, 5.74) is 3.33. The Morgan fingerprint density at radius 3 is 2.29 bits per heavy atom. The Balaban J connectivity index is 2.37. The lowest BCUT2D eigenvalue weighted by molar-refractivity contribution is -0.137. The Bertz CT molecular complexity index is 945. The fraction of sp³-hybridized carbons (Fsp3) is 0.483. The Morgan fingerprint density at radius 2 is 1.66 bits per heavy atom. The summed E-state index contributed by atoms with van der Waals surface area (Å²) < 4.78 is 0. The van der Waals surface area contributed by atoms with Crippen LogP contribution in [-0.4, -0.2) is 36.4 Å². The number of nitrogens with one attached hydrogen (secondary N) is 1. The molecule has 0 radical (unpaired) electrons. The average molecular weight is 481 g/mol. The first kappa shape index (κ1) is 28.2. The molecule has 2 N–H and O–H groups in total. The fourth-order valence-corrected chi connectivity index (χ4v) is 4.24. The molecule has 2 aromatic carbocycles. The van der Waals surface area contributed by atoms with Gasteiger partial charge in [0.1, 0.15) is 6.29 Å². The number of carboxylic acids is 1. The van der Waals surface area contributed by atoms with Gasteiger partial charge in [-0.3, -0.25) is 9.59 Å². The van der Waals surface area contributed by atoms with Crippen LogP contribution in [0.5, 0.6) is 0 Å². The van der Waals surface area contributed by atoms with Gasteiger partial charge in [0.2, 0.25) is 5.91 Å². The Morgan fingerprint density at radius 1 is 0.971 bits per heavy atom. The van der Waals surface area contributed by atoms with Crippen LogP contribution in [-0.2, 0) is 14.4 Å². The van der Waals surface area contributed by atoms with Crippen molar-refractivity contribution in [1.82, 2.24) is 5.32 Å². The lowest BCUT2D eigenvalue weighted by Crippen LogP contribution is -2.36. The van der Waals surface area contributed by atoms with Gasteiger partial charge in [-0.2, -0.15) is 0 Å². The number of rotatable bonds is 16. The molecule has 0 saturated carbocycles. The maximum Gasteiger partial charge on any atom is 0.305 e. The lowest BCUT2D eigenvalue weighted by Gasteiger charge is -2.28. The molecule has 0 aliphatic heterocycles. The van der Waals surface area contributed by atoms with Crippen LogP contribution in [0.3, 0.4) is 0 Å². The molecule has 2 aromatic rings. The second-order valence-electron chi connectivity index (χ2n) is 9.08. The zero-order valence-corrected chi connectivity index (χ0v) is 21.3. The van der Waals surface area contributed by atoms with E-state index < -0.39 is 18.1 Å². The van der Waals surface area contributed by atoms with Crippen molar-refractivity contribution in [1.29, 1.82) is 0 Å². The zero-order valence-electron chi connectivity index (χ0n) is 21.3. The number of unbranched alkanes of at least 4 members (excludes halogenated alkanes) is 5. The van der Waals surface area contributed by atoms with Crippen LogP contribution in [0.2, 0.25) is 0 Å². The second kappa shape index (κ2) is 15.1. The molecule has 0 aliphatic rings. The molecule has 0 saturated heterocycles. The Kier molecular flexibility index (Phi) is 12.2. The molecule has 1 amide bonds. The third-order valence-electron chi connectivity index (χ3n) is 6.39. The summed E-state index contributed by atoms with van der Waals surface area (Å²) in [7, 11) is 1.75. The van der Waals surface area contributed by atoms with Gasteiger partial charge in [0.05, 0.1) is 12.5 Å². The summed E-state index contributed by atoms with van der Waals surface area (Å²) in [5.74, 6) is -0.967. The van der Waals surface area contributed by atoms with E-state index in [1.165, 1.54) is 19.3 Å². The minimum atomic E-state index is -0.970. The SMILES string of the molecule is CCCCCCCCC(=O)N(C)c1cc(-c2ccccc2)ccc1C(CC(=O)O)NC(C=O)CC. The van der Waals surface area contributed by atoms with E-state index in [1.54, 1.807) is 11.9 Å². The van der Waals surface area contributed by atoms with E-state index in [1.807, 2.05) is 55.5 Å². The molecule has 0 aliphatic carbocycles. The van der Waals surface area contributed by atoms with Gasteiger partial charge < -0.3 is 20.1 Å². The highest BCUT2D eigenvalue weighted by Gasteiger charge is 2.25. The maximum atomic E-state index is 13.1. The summed E-state index contributed by atoms with van der Waals surface area (Å²) >= 11 is 0. The topological polar surface area (TPSA) is 86.7 Å². The highest BCUT2D eigenvalue weighted by atomic mass is 16.4. The highest BCUT2D eigenvalue weighted by Crippen LogP contribution is 2.33. The molecule has 6 heteroatoms. The summed E-state index contributed by atoms with van der Waals surface area (Å²) in [6.07, 6.45) is 8.21. The van der Waals surface area contributed by atoms with Gasteiger partial charge in [-0.15, -0.1) is 0 Å². The summed E-state index contributed by atoms with van der Waals surface area (Å²) in [4.78, 5) is 38.0. The first-order valence-corrected chi connectivity index (χ1v) is 12.8. The molecule has 6 nitrogen and oxygen atoms in total. The zero-order chi connectivity index (χ0) is 25.6. The molecule has 0 aromatic heterocycles. The Hall–Kier alpha value is -2.99. The van der Waals surface area contributed by atoms with Crippen molar-refractivity contribution in [2.75, 3.05) is 11.9 Å². The number of anilines is 1. The van der Waals surface area contributed by atoms with Crippen molar-refractivity contribution >= 4 is 23.9 Å². The van der Waals surface area contributed by atoms with Crippen LogP contribution in [0, 0.1) is 0 Å². The van der Waals surface area contributed by atoms with E-state index in [9.17, 15) is 19.5 Å². The fourth-order valence-electron chi connectivity index (χ4n) is 4.24. The monoisotopic (exact) mass is 480 g/mol. The van der Waals surface area contributed by atoms with Crippen LogP contribution in [0.15, 0.2) is 48.5 Å². The third-order valence-corrected chi connectivity index (χ3v) is 6.39. The van der Waals surface area contributed by atoms with E-state index in [0.29, 0.717) is 24.1 Å². The number of nitrogens with zero attached hydrogens (tertiary/aromatic N) is 1. The van der Waals surface area contributed by atoms with Gasteiger partial charge in [0.25, 0.3) is 0 Å². The van der Waals surface area contributed by atoms with Crippen molar-refractivity contribution in [3.63, 3.8) is 0 Å². The largest absolute Gasteiger partial charge is 0.481 e. The first-order valence-electron chi connectivity index (χ1n) is 12.8. The van der Waals surface area contributed by atoms with E-state index in [2.05, 4.69) is 12.2 Å². The number of hydrogen-bond donors (Lipinski definition) is 2. The number of hydrogen-bond acceptors (Lipinski definition) is 4. The van der Waals surface area contributed by atoms with Crippen molar-refractivity contribution in [2.24, 2.45) is 0 Å². The van der Waals surface area contributed by atoms with Gasteiger partial charge in [0, 0.05) is 25.2 Å². The molecular weight excluding hydrogens is 440 g/mol. The van der Waals surface area contributed by atoms with E-state index in [4.69, 9.17) is 0 Å². The van der Waals surface area contributed by atoms with Gasteiger partial charge in [-0.25, -0.2) is 0 Å². The van der Waals surface area contributed by atoms with Crippen LogP contribution in [0.4, 0.5) is 5.69 Å². The van der Waals surface area contributed by atoms with E-state index >= 15 is 0 Å². The van der Waals surface area contributed by atoms with Gasteiger partial charge >= 0.3 is 5.97 Å². The third kappa shape index (κ3) is 8.95. The maximum absolute atomic E-state index is 13.1. The molecule has 0 heterocycles. The number of aliphatic carboxylic acids is 1. The van der Waals surface area contributed by atoms with Crippen LogP contribution >= 0.6 is 0 Å². The second-order valence-corrected chi connectivity index (χ2v) is 9.08. The molecule has 0 fully saturated rings. The molecule has 0 bridgehead atoms. The van der Waals surface area contributed by atoms with Gasteiger partial charge in [0.15, 0.2) is 0 Å². The summed E-state index contributed by atoms with van der Waals surface area (Å²) in [5, 5.41) is 12.8. The number of carboxylic acid groups (broad SMARTS) is 1. The quantitative estimate of drug-likeness (QED) is 0.222. The molecule has 190 valence electrons. The van der Waals surface area contributed by atoms with Crippen LogP contribution in [0.25, 0.3) is 11.1 Å². The molecule has 0 spiro atoms. The minimum Gasteiger partial charge on any atom is -0.481 e. The first-order chi connectivity index (χ1) is 16.9. The number of carbonyl (C=O) groups excluding carboxylic acids is 2. The number of aldehydes is 1. The standard InChI is InChI=1S/C29H40N2O4/c1-4-6-7-8-9-13-16-28(33)31(3)27-19-23(22-14-11-10-12-15-22)17-18-25(27)26(20-29(34)35)30-24(5-2)21-32/h10-12,14-15,17-19,21,24,26,30H,4-9,13,16,20H2,1-3H3,(H,34,35). The average Bonchev–Trinajstić information content (AvgIpc) is 2.88. The van der Waals surface area contributed by atoms with Crippen LogP contribution < -0.4 is 10.2 Å². The van der Waals surface area contributed by atoms with Crippen molar-refractivity contribution in [2.45, 2.75) is 83.7 Å². The van der Waals surface area contributed by atoms with Gasteiger partial charge in [-0.05, 0) is 35.6 Å². The predicted molar refractivity (Wildman–Crippen MR) is 142 cm³/mol. The number of benzene rings is 2. The van der Waals surface area contributed by atoms with E-state index in [-0.39, 0.29) is 12.3 Å². The lowest BCUT2D eigenvalue weighted by atomic mass is 9.95. The number of carbonyl (C=O) groups is 3. The smallest absolute Gasteiger partial charge is 0.305 e. The van der Waals surface area contributed by atoms with Crippen LogP contribution in [0.1, 0.15) is 83.2 Å². The molecule has 2 unspecified atom stereocenters.